The lowest BCUT2D eigenvalue weighted by atomic mass is 10.4. The quantitative estimate of drug-likeness (QED) is 0.774. The molecule has 1 aromatic rings. The minimum absolute atomic E-state index is 0.00241. The summed E-state index contributed by atoms with van der Waals surface area (Å²) < 4.78 is 0. The van der Waals surface area contributed by atoms with Gasteiger partial charge in [-0.3, -0.25) is 0 Å². The molecule has 0 saturated heterocycles. The highest BCUT2D eigenvalue weighted by molar-refractivity contribution is 5.86. The predicted molar refractivity (Wildman–Crippen MR) is 57.6 cm³/mol. The Morgan fingerprint density at radius 1 is 1.20 bits per heavy atom. The lowest BCUT2D eigenvalue weighted by molar-refractivity contribution is 0.0690. The standard InChI is InChI=1S/C9H14N4O2/c1-12(2)7-5-6(8(14)15)10-9(11-7)13(3)4/h5H,1-4H3,(H,14,15). The van der Waals surface area contributed by atoms with Crippen LogP contribution in [0.1, 0.15) is 10.5 Å². The third-order valence-corrected chi connectivity index (χ3v) is 1.78. The molecule has 0 atom stereocenters. The van der Waals surface area contributed by atoms with Gasteiger partial charge in [-0.15, -0.1) is 0 Å². The summed E-state index contributed by atoms with van der Waals surface area (Å²) in [5.74, 6) is -0.0895. The van der Waals surface area contributed by atoms with Crippen molar-refractivity contribution in [2.45, 2.75) is 0 Å². The number of carbonyl (C=O) groups is 1. The van der Waals surface area contributed by atoms with Crippen molar-refractivity contribution < 1.29 is 9.90 Å². The molecule has 0 aromatic carbocycles. The van der Waals surface area contributed by atoms with Crippen LogP contribution in [0.3, 0.4) is 0 Å². The Balaban J connectivity index is 3.26. The van der Waals surface area contributed by atoms with Gasteiger partial charge in [-0.05, 0) is 0 Å². The van der Waals surface area contributed by atoms with E-state index in [4.69, 9.17) is 5.11 Å². The third kappa shape index (κ3) is 2.55. The minimum atomic E-state index is -1.05. The Kier molecular flexibility index (Phi) is 3.08. The van der Waals surface area contributed by atoms with Gasteiger partial charge < -0.3 is 14.9 Å². The smallest absolute Gasteiger partial charge is 0.354 e. The Morgan fingerprint density at radius 2 is 1.80 bits per heavy atom. The zero-order chi connectivity index (χ0) is 11.6. The Bertz CT molecular complexity index is 350. The van der Waals surface area contributed by atoms with E-state index < -0.39 is 5.97 Å². The van der Waals surface area contributed by atoms with Gasteiger partial charge in [-0.2, -0.15) is 4.98 Å². The van der Waals surface area contributed by atoms with E-state index in [1.807, 2.05) is 0 Å². The second-order valence-corrected chi connectivity index (χ2v) is 3.51. The number of carboxylic acids is 1. The van der Waals surface area contributed by atoms with Crippen molar-refractivity contribution in [1.29, 1.82) is 0 Å². The van der Waals surface area contributed by atoms with Crippen LogP contribution in [0.2, 0.25) is 0 Å². The van der Waals surface area contributed by atoms with Gasteiger partial charge in [0.25, 0.3) is 0 Å². The maximum Gasteiger partial charge on any atom is 0.354 e. The van der Waals surface area contributed by atoms with E-state index in [9.17, 15) is 4.79 Å². The summed E-state index contributed by atoms with van der Waals surface area (Å²) in [6.07, 6.45) is 0. The van der Waals surface area contributed by atoms with Crippen molar-refractivity contribution in [3.63, 3.8) is 0 Å². The molecule has 0 saturated carbocycles. The first kappa shape index (κ1) is 11.2. The van der Waals surface area contributed by atoms with Crippen LogP contribution in [0.15, 0.2) is 6.07 Å². The summed E-state index contributed by atoms with van der Waals surface area (Å²) in [4.78, 5) is 22.3. The van der Waals surface area contributed by atoms with Crippen molar-refractivity contribution in [2.75, 3.05) is 38.0 Å². The molecule has 82 valence electrons. The lowest BCUT2D eigenvalue weighted by Gasteiger charge is -2.16. The summed E-state index contributed by atoms with van der Waals surface area (Å²) in [5, 5.41) is 8.87. The van der Waals surface area contributed by atoms with E-state index in [-0.39, 0.29) is 5.69 Å². The highest BCUT2D eigenvalue weighted by Gasteiger charge is 2.12. The van der Waals surface area contributed by atoms with Crippen LogP contribution in [-0.4, -0.2) is 49.2 Å². The fourth-order valence-electron chi connectivity index (χ4n) is 0.961. The molecule has 0 radical (unpaired) electrons. The van der Waals surface area contributed by atoms with Crippen molar-refractivity contribution in [3.8, 4) is 0 Å². The molecule has 1 rings (SSSR count). The van der Waals surface area contributed by atoms with Crippen LogP contribution in [0.5, 0.6) is 0 Å². The van der Waals surface area contributed by atoms with Crippen molar-refractivity contribution >= 4 is 17.7 Å². The molecule has 1 heterocycles. The summed E-state index contributed by atoms with van der Waals surface area (Å²) in [6.45, 7) is 0. The van der Waals surface area contributed by atoms with Crippen LogP contribution in [0, 0.1) is 0 Å². The Morgan fingerprint density at radius 3 is 2.20 bits per heavy atom. The number of carboxylic acid groups (broad SMARTS) is 1. The van der Waals surface area contributed by atoms with Crippen LogP contribution in [-0.2, 0) is 0 Å². The lowest BCUT2D eigenvalue weighted by Crippen LogP contribution is -2.19. The molecule has 0 aliphatic carbocycles. The molecule has 1 aromatic heterocycles. The van der Waals surface area contributed by atoms with E-state index in [2.05, 4.69) is 9.97 Å². The molecule has 0 aliphatic heterocycles. The van der Waals surface area contributed by atoms with Gasteiger partial charge in [0.2, 0.25) is 5.95 Å². The minimum Gasteiger partial charge on any atom is -0.477 e. The number of aromatic nitrogens is 2. The Labute approximate surface area is 88.2 Å². The van der Waals surface area contributed by atoms with Gasteiger partial charge in [-0.25, -0.2) is 9.78 Å². The van der Waals surface area contributed by atoms with Crippen LogP contribution in [0.4, 0.5) is 11.8 Å². The number of hydrogen-bond donors (Lipinski definition) is 1. The zero-order valence-electron chi connectivity index (χ0n) is 9.22. The highest BCUT2D eigenvalue weighted by Crippen LogP contribution is 2.14. The number of anilines is 2. The molecule has 0 bridgehead atoms. The summed E-state index contributed by atoms with van der Waals surface area (Å²) in [6, 6.07) is 1.44. The molecule has 6 nitrogen and oxygen atoms in total. The molecular formula is C9H14N4O2. The maximum atomic E-state index is 10.8. The topological polar surface area (TPSA) is 69.6 Å². The summed E-state index contributed by atoms with van der Waals surface area (Å²) in [7, 11) is 7.13. The average molecular weight is 210 g/mol. The first-order valence-electron chi connectivity index (χ1n) is 4.39. The van der Waals surface area contributed by atoms with Gasteiger partial charge in [0.15, 0.2) is 5.69 Å². The monoisotopic (exact) mass is 210 g/mol. The van der Waals surface area contributed by atoms with Gasteiger partial charge in [-0.1, -0.05) is 0 Å². The zero-order valence-corrected chi connectivity index (χ0v) is 9.22. The van der Waals surface area contributed by atoms with E-state index in [0.29, 0.717) is 11.8 Å². The van der Waals surface area contributed by atoms with E-state index in [0.717, 1.165) is 0 Å². The molecule has 6 heteroatoms. The maximum absolute atomic E-state index is 10.8. The first-order valence-corrected chi connectivity index (χ1v) is 4.39. The van der Waals surface area contributed by atoms with Gasteiger partial charge >= 0.3 is 5.97 Å². The third-order valence-electron chi connectivity index (χ3n) is 1.78. The van der Waals surface area contributed by atoms with Gasteiger partial charge in [0.1, 0.15) is 5.82 Å². The normalized spacial score (nSPS) is 9.87. The largest absolute Gasteiger partial charge is 0.477 e. The van der Waals surface area contributed by atoms with Crippen molar-refractivity contribution in [3.05, 3.63) is 11.8 Å². The predicted octanol–water partition coefficient (Wildman–Crippen LogP) is 0.307. The van der Waals surface area contributed by atoms with Crippen molar-refractivity contribution in [2.24, 2.45) is 0 Å². The Hall–Kier alpha value is -1.85. The molecule has 0 fully saturated rings. The van der Waals surface area contributed by atoms with Crippen molar-refractivity contribution in [1.82, 2.24) is 9.97 Å². The number of nitrogens with zero attached hydrogens (tertiary/aromatic N) is 4. The van der Waals surface area contributed by atoms with Gasteiger partial charge in [0, 0.05) is 34.3 Å². The molecule has 0 aliphatic rings. The fraction of sp³-hybridized carbons (Fsp3) is 0.444. The van der Waals surface area contributed by atoms with E-state index in [1.54, 1.807) is 38.0 Å². The molecule has 0 unspecified atom stereocenters. The van der Waals surface area contributed by atoms with Crippen LogP contribution < -0.4 is 9.80 Å². The van der Waals surface area contributed by atoms with Crippen LogP contribution >= 0.6 is 0 Å². The second kappa shape index (κ2) is 4.12. The number of aromatic carboxylic acids is 1. The summed E-state index contributed by atoms with van der Waals surface area (Å²) in [5.41, 5.74) is -0.00241. The average Bonchev–Trinajstić information content (AvgIpc) is 2.16. The molecular weight excluding hydrogens is 196 g/mol. The molecule has 0 spiro atoms. The second-order valence-electron chi connectivity index (χ2n) is 3.51. The van der Waals surface area contributed by atoms with E-state index in [1.165, 1.54) is 6.07 Å². The SMILES string of the molecule is CN(C)c1cc(C(=O)O)nc(N(C)C)n1. The van der Waals surface area contributed by atoms with Crippen LogP contribution in [0.25, 0.3) is 0 Å². The van der Waals surface area contributed by atoms with E-state index >= 15 is 0 Å². The number of hydrogen-bond acceptors (Lipinski definition) is 5. The fourth-order valence-corrected chi connectivity index (χ4v) is 0.961. The highest BCUT2D eigenvalue weighted by atomic mass is 16.4. The molecule has 1 N–H and O–H groups in total. The number of rotatable bonds is 3. The molecule has 0 amide bonds. The van der Waals surface area contributed by atoms with Gasteiger partial charge in [0.05, 0.1) is 0 Å². The first-order chi connectivity index (χ1) is 6.91. The molecule has 15 heavy (non-hydrogen) atoms. The summed E-state index contributed by atoms with van der Waals surface area (Å²) >= 11 is 0.